The van der Waals surface area contributed by atoms with E-state index in [-0.39, 0.29) is 0 Å². The fraction of sp³-hybridized carbons (Fsp3) is 0.438. The summed E-state index contributed by atoms with van der Waals surface area (Å²) in [7, 11) is 3.41. The van der Waals surface area contributed by atoms with Gasteiger partial charge in [-0.1, -0.05) is 25.1 Å². The van der Waals surface area contributed by atoms with Crippen LogP contribution in [0.4, 0.5) is 0 Å². The monoisotopic (exact) mass is 306 g/mol. The van der Waals surface area contributed by atoms with Crippen LogP contribution in [0.3, 0.4) is 0 Å². The molecule has 0 atom stereocenters. The van der Waals surface area contributed by atoms with E-state index in [0.29, 0.717) is 6.61 Å². The van der Waals surface area contributed by atoms with Gasteiger partial charge in [-0.2, -0.15) is 0 Å². The minimum absolute atomic E-state index is 0.559. The fourth-order valence-corrected chi connectivity index (χ4v) is 3.22. The van der Waals surface area contributed by atoms with Gasteiger partial charge in [0.15, 0.2) is 0 Å². The van der Waals surface area contributed by atoms with Crippen molar-refractivity contribution in [1.29, 1.82) is 0 Å². The zero-order valence-electron chi connectivity index (χ0n) is 12.8. The van der Waals surface area contributed by atoms with Crippen LogP contribution in [0.2, 0.25) is 0 Å². The third-order valence-corrected chi connectivity index (χ3v) is 4.27. The number of thiazole rings is 1. The van der Waals surface area contributed by atoms with Crippen LogP contribution in [-0.2, 0) is 24.3 Å². The third kappa shape index (κ3) is 4.27. The number of methoxy groups -OCH3 is 2. The minimum atomic E-state index is 0.559. The smallest absolute Gasteiger partial charge is 0.122 e. The molecule has 0 saturated heterocycles. The van der Waals surface area contributed by atoms with Gasteiger partial charge in [-0.05, 0) is 12.6 Å². The second kappa shape index (κ2) is 8.12. The van der Waals surface area contributed by atoms with E-state index in [0.717, 1.165) is 41.5 Å². The summed E-state index contributed by atoms with van der Waals surface area (Å²) >= 11 is 1.74. The molecule has 5 heteroatoms. The Morgan fingerprint density at radius 1 is 1.24 bits per heavy atom. The summed E-state index contributed by atoms with van der Waals surface area (Å²) in [6, 6.07) is 8.08. The van der Waals surface area contributed by atoms with E-state index in [1.807, 2.05) is 18.2 Å². The molecule has 0 aliphatic heterocycles. The predicted octanol–water partition coefficient (Wildman–Crippen LogP) is 3.00. The van der Waals surface area contributed by atoms with Crippen LogP contribution in [0.25, 0.3) is 0 Å². The molecule has 0 aliphatic rings. The molecule has 0 amide bonds. The molecule has 0 fully saturated rings. The number of aromatic nitrogens is 1. The number of nitrogens with one attached hydrogen (secondary N) is 1. The Morgan fingerprint density at radius 3 is 2.76 bits per heavy atom. The maximum absolute atomic E-state index is 5.41. The van der Waals surface area contributed by atoms with Gasteiger partial charge in [-0.25, -0.2) is 4.98 Å². The molecule has 114 valence electrons. The largest absolute Gasteiger partial charge is 0.496 e. The molecule has 0 unspecified atom stereocenters. The van der Waals surface area contributed by atoms with Gasteiger partial charge in [0.1, 0.15) is 5.75 Å². The van der Waals surface area contributed by atoms with Crippen LogP contribution in [0.15, 0.2) is 24.3 Å². The van der Waals surface area contributed by atoms with Crippen molar-refractivity contribution in [3.63, 3.8) is 0 Å². The summed E-state index contributed by atoms with van der Waals surface area (Å²) in [6.07, 6.45) is 0.789. The molecule has 0 radical (unpaired) electrons. The van der Waals surface area contributed by atoms with Crippen molar-refractivity contribution in [2.75, 3.05) is 20.8 Å². The molecular weight excluding hydrogens is 284 g/mol. The highest BCUT2D eigenvalue weighted by molar-refractivity contribution is 7.11. The van der Waals surface area contributed by atoms with Crippen molar-refractivity contribution >= 4 is 11.3 Å². The Kier molecular flexibility index (Phi) is 6.17. The number of ether oxygens (including phenoxy) is 2. The van der Waals surface area contributed by atoms with Crippen molar-refractivity contribution in [3.05, 3.63) is 45.4 Å². The first-order chi connectivity index (χ1) is 10.3. The van der Waals surface area contributed by atoms with Crippen molar-refractivity contribution < 1.29 is 9.47 Å². The van der Waals surface area contributed by atoms with Gasteiger partial charge in [0.2, 0.25) is 0 Å². The fourth-order valence-electron chi connectivity index (χ4n) is 2.15. The van der Waals surface area contributed by atoms with Crippen LogP contribution in [0.5, 0.6) is 5.75 Å². The number of nitrogens with zero attached hydrogens (tertiary/aromatic N) is 1. The quantitative estimate of drug-likeness (QED) is 0.814. The highest BCUT2D eigenvalue weighted by Crippen LogP contribution is 2.26. The van der Waals surface area contributed by atoms with Gasteiger partial charge in [0.25, 0.3) is 0 Å². The third-order valence-electron chi connectivity index (χ3n) is 3.17. The molecular formula is C16H22N2O2S. The SMILES string of the molecule is CCNCc1sc(Cc2ccccc2OC)nc1COC. The van der Waals surface area contributed by atoms with Gasteiger partial charge in [-0.15, -0.1) is 11.3 Å². The van der Waals surface area contributed by atoms with Crippen molar-refractivity contribution in [2.45, 2.75) is 26.5 Å². The van der Waals surface area contributed by atoms with E-state index in [1.54, 1.807) is 25.6 Å². The predicted molar refractivity (Wildman–Crippen MR) is 86.0 cm³/mol. The van der Waals surface area contributed by atoms with Crippen molar-refractivity contribution in [2.24, 2.45) is 0 Å². The minimum Gasteiger partial charge on any atom is -0.496 e. The summed E-state index contributed by atoms with van der Waals surface area (Å²) in [4.78, 5) is 5.97. The summed E-state index contributed by atoms with van der Waals surface area (Å²) in [5.74, 6) is 0.911. The molecule has 0 spiro atoms. The van der Waals surface area contributed by atoms with Crippen LogP contribution < -0.4 is 10.1 Å². The lowest BCUT2D eigenvalue weighted by atomic mass is 10.1. The van der Waals surface area contributed by atoms with E-state index in [1.165, 1.54) is 4.88 Å². The average Bonchev–Trinajstić information content (AvgIpc) is 2.88. The Balaban J connectivity index is 2.19. The lowest BCUT2D eigenvalue weighted by molar-refractivity contribution is 0.181. The molecule has 1 aromatic carbocycles. The van der Waals surface area contributed by atoms with E-state index < -0.39 is 0 Å². The summed E-state index contributed by atoms with van der Waals surface area (Å²) in [5, 5.41) is 4.45. The second-order valence-electron chi connectivity index (χ2n) is 4.68. The Labute approximate surface area is 130 Å². The summed E-state index contributed by atoms with van der Waals surface area (Å²) < 4.78 is 10.7. The molecule has 0 aliphatic carbocycles. The number of para-hydroxylation sites is 1. The van der Waals surface area contributed by atoms with E-state index in [4.69, 9.17) is 14.5 Å². The average molecular weight is 306 g/mol. The zero-order valence-corrected chi connectivity index (χ0v) is 13.6. The lowest BCUT2D eigenvalue weighted by Crippen LogP contribution is -2.12. The highest BCUT2D eigenvalue weighted by Gasteiger charge is 2.12. The Hall–Kier alpha value is -1.43. The van der Waals surface area contributed by atoms with Gasteiger partial charge >= 0.3 is 0 Å². The standard InChI is InChI=1S/C16H22N2O2S/c1-4-17-10-15-13(11-19-2)18-16(21-15)9-12-7-5-6-8-14(12)20-3/h5-8,17H,4,9-11H2,1-3H3. The number of rotatable bonds is 8. The molecule has 0 saturated carbocycles. The van der Waals surface area contributed by atoms with E-state index >= 15 is 0 Å². The molecule has 4 nitrogen and oxygen atoms in total. The zero-order chi connectivity index (χ0) is 15.1. The maximum Gasteiger partial charge on any atom is 0.122 e. The first kappa shape index (κ1) is 15.9. The number of benzene rings is 1. The second-order valence-corrected chi connectivity index (χ2v) is 5.85. The maximum atomic E-state index is 5.41. The first-order valence-electron chi connectivity index (χ1n) is 7.07. The van der Waals surface area contributed by atoms with E-state index in [9.17, 15) is 0 Å². The van der Waals surface area contributed by atoms with Gasteiger partial charge < -0.3 is 14.8 Å². The van der Waals surface area contributed by atoms with Gasteiger partial charge in [0.05, 0.1) is 24.4 Å². The summed E-state index contributed by atoms with van der Waals surface area (Å²) in [5.41, 5.74) is 2.20. The van der Waals surface area contributed by atoms with Crippen molar-refractivity contribution in [3.8, 4) is 5.75 Å². The molecule has 2 rings (SSSR count). The van der Waals surface area contributed by atoms with Crippen molar-refractivity contribution in [1.82, 2.24) is 10.3 Å². The van der Waals surface area contributed by atoms with Crippen LogP contribution >= 0.6 is 11.3 Å². The van der Waals surface area contributed by atoms with Gasteiger partial charge in [-0.3, -0.25) is 0 Å². The molecule has 2 aromatic rings. The van der Waals surface area contributed by atoms with Crippen LogP contribution in [0.1, 0.15) is 28.1 Å². The normalized spacial score (nSPS) is 10.8. The number of hydrogen-bond donors (Lipinski definition) is 1. The topological polar surface area (TPSA) is 43.4 Å². The van der Waals surface area contributed by atoms with E-state index in [2.05, 4.69) is 18.3 Å². The molecule has 1 N–H and O–H groups in total. The lowest BCUT2D eigenvalue weighted by Gasteiger charge is -2.05. The highest BCUT2D eigenvalue weighted by atomic mass is 32.1. The molecule has 21 heavy (non-hydrogen) atoms. The van der Waals surface area contributed by atoms with Crippen LogP contribution in [-0.4, -0.2) is 25.7 Å². The Bertz CT molecular complexity index is 569. The molecule has 1 aromatic heterocycles. The van der Waals surface area contributed by atoms with Gasteiger partial charge in [0, 0.05) is 30.5 Å². The molecule has 0 bridgehead atoms. The first-order valence-corrected chi connectivity index (χ1v) is 7.89. The summed E-state index contributed by atoms with van der Waals surface area (Å²) in [6.45, 7) is 4.46. The Morgan fingerprint density at radius 2 is 2.05 bits per heavy atom. The van der Waals surface area contributed by atoms with Crippen LogP contribution in [0, 0.1) is 0 Å². The molecule has 1 heterocycles. The number of hydrogen-bond acceptors (Lipinski definition) is 5.